The van der Waals surface area contributed by atoms with Crippen molar-refractivity contribution in [2.75, 3.05) is 37.7 Å². The molecule has 0 bridgehead atoms. The van der Waals surface area contributed by atoms with Gasteiger partial charge in [0.25, 0.3) is 0 Å². The first-order chi connectivity index (χ1) is 17.3. The van der Waals surface area contributed by atoms with Crippen LogP contribution in [0.15, 0.2) is 59.5 Å². The summed E-state index contributed by atoms with van der Waals surface area (Å²) in [6.07, 6.45) is 3.89. The zero-order valence-electron chi connectivity index (χ0n) is 21.1. The molecule has 0 atom stereocenters. The fraction of sp³-hybridized carbons (Fsp3) is 0.429. The van der Waals surface area contributed by atoms with Gasteiger partial charge in [-0.05, 0) is 43.5 Å². The molecule has 2 heterocycles. The van der Waals surface area contributed by atoms with E-state index in [9.17, 15) is 4.79 Å². The lowest BCUT2D eigenvalue weighted by Crippen LogP contribution is -2.45. The van der Waals surface area contributed by atoms with Crippen molar-refractivity contribution in [3.05, 3.63) is 81.2 Å². The molecular formula is C28H33ClN4O2S. The van der Waals surface area contributed by atoms with Gasteiger partial charge in [-0.3, -0.25) is 4.79 Å². The monoisotopic (exact) mass is 524 g/mol. The van der Waals surface area contributed by atoms with Crippen LogP contribution < -0.4 is 15.2 Å². The number of nitrogens with zero attached hydrogens (tertiary/aromatic N) is 4. The molecule has 0 N–H and O–H groups in total. The Bertz CT molecular complexity index is 1270. The van der Waals surface area contributed by atoms with Gasteiger partial charge in [0.15, 0.2) is 0 Å². The smallest absolute Gasteiger partial charge is 0.316 e. The summed E-state index contributed by atoms with van der Waals surface area (Å²) in [5.41, 5.74) is 3.63. The summed E-state index contributed by atoms with van der Waals surface area (Å²) < 4.78 is 10.2. The SMILES string of the molecule is Cc1ccc(C2(COc3c(N4CCN(SC(C)C)CC4)cnn(-c4cccc(Cl)c4)c3=O)CC2)cc1. The summed E-state index contributed by atoms with van der Waals surface area (Å²) in [4.78, 5) is 16.0. The van der Waals surface area contributed by atoms with Crippen LogP contribution in [-0.4, -0.2) is 52.1 Å². The molecule has 3 aromatic rings. The summed E-state index contributed by atoms with van der Waals surface area (Å²) in [6.45, 7) is 10.5. The number of aromatic nitrogens is 2. The van der Waals surface area contributed by atoms with E-state index in [4.69, 9.17) is 16.3 Å². The third kappa shape index (κ3) is 5.43. The highest BCUT2D eigenvalue weighted by Gasteiger charge is 2.45. The summed E-state index contributed by atoms with van der Waals surface area (Å²) in [5, 5.41) is 5.64. The van der Waals surface area contributed by atoms with E-state index in [1.165, 1.54) is 15.8 Å². The van der Waals surface area contributed by atoms with Gasteiger partial charge in [0, 0.05) is 41.9 Å². The van der Waals surface area contributed by atoms with Gasteiger partial charge in [0.2, 0.25) is 5.75 Å². The van der Waals surface area contributed by atoms with Crippen molar-refractivity contribution in [2.24, 2.45) is 0 Å². The maximum Gasteiger partial charge on any atom is 0.316 e. The highest BCUT2D eigenvalue weighted by Crippen LogP contribution is 2.48. The van der Waals surface area contributed by atoms with Gasteiger partial charge in [-0.25, -0.2) is 4.31 Å². The van der Waals surface area contributed by atoms with E-state index in [2.05, 4.69) is 59.3 Å². The van der Waals surface area contributed by atoms with Gasteiger partial charge in [0.1, 0.15) is 5.69 Å². The van der Waals surface area contributed by atoms with Crippen molar-refractivity contribution in [3.63, 3.8) is 0 Å². The minimum absolute atomic E-state index is 0.0336. The average Bonchev–Trinajstić information content (AvgIpc) is 3.65. The Hall–Kier alpha value is -2.48. The van der Waals surface area contributed by atoms with E-state index in [1.54, 1.807) is 18.3 Å². The first kappa shape index (κ1) is 25.2. The van der Waals surface area contributed by atoms with Crippen molar-refractivity contribution >= 4 is 29.2 Å². The van der Waals surface area contributed by atoms with E-state index < -0.39 is 0 Å². The number of aryl methyl sites for hydroxylation is 1. The second-order valence-corrected chi connectivity index (χ2v) is 12.2. The van der Waals surface area contributed by atoms with Crippen LogP contribution in [0.1, 0.15) is 37.8 Å². The summed E-state index contributed by atoms with van der Waals surface area (Å²) in [6, 6.07) is 15.9. The number of hydrogen-bond donors (Lipinski definition) is 0. The molecule has 190 valence electrons. The van der Waals surface area contributed by atoms with Crippen LogP contribution in [-0.2, 0) is 5.41 Å². The maximum atomic E-state index is 13.8. The fourth-order valence-corrected chi connectivity index (χ4v) is 5.85. The second kappa shape index (κ2) is 10.5. The Morgan fingerprint density at radius 2 is 1.81 bits per heavy atom. The van der Waals surface area contributed by atoms with E-state index in [1.807, 2.05) is 24.1 Å². The fourth-order valence-electron chi connectivity index (χ4n) is 4.70. The van der Waals surface area contributed by atoms with Crippen LogP contribution in [0, 0.1) is 6.92 Å². The van der Waals surface area contributed by atoms with Crippen molar-refractivity contribution in [1.82, 2.24) is 14.1 Å². The van der Waals surface area contributed by atoms with Gasteiger partial charge < -0.3 is 9.64 Å². The lowest BCUT2D eigenvalue weighted by molar-refractivity contribution is 0.272. The predicted molar refractivity (Wildman–Crippen MR) is 149 cm³/mol. The standard InChI is InChI=1S/C28H33ClN4O2S/c1-20(2)36-32-15-13-31(14-16-32)25-18-30-33(24-6-4-5-23(29)17-24)27(34)26(25)35-19-28(11-12-28)22-9-7-21(3)8-10-22/h4-10,17-18,20H,11-16,19H2,1-3H3. The summed E-state index contributed by atoms with van der Waals surface area (Å²) in [5.74, 6) is 0.369. The van der Waals surface area contributed by atoms with Crippen molar-refractivity contribution in [3.8, 4) is 11.4 Å². The number of anilines is 1. The Morgan fingerprint density at radius 1 is 1.08 bits per heavy atom. The molecule has 0 spiro atoms. The number of benzene rings is 2. The lowest BCUT2D eigenvalue weighted by Gasteiger charge is -2.36. The lowest BCUT2D eigenvalue weighted by atomic mass is 9.96. The molecule has 1 aliphatic heterocycles. The molecule has 0 amide bonds. The number of halogens is 1. The maximum absolute atomic E-state index is 13.8. The third-order valence-electron chi connectivity index (χ3n) is 6.92. The van der Waals surface area contributed by atoms with Crippen LogP contribution in [0.4, 0.5) is 5.69 Å². The number of hydrogen-bond acceptors (Lipinski definition) is 6. The summed E-state index contributed by atoms with van der Waals surface area (Å²) in [7, 11) is 0. The van der Waals surface area contributed by atoms with Crippen LogP contribution in [0.2, 0.25) is 5.02 Å². The predicted octanol–water partition coefficient (Wildman–Crippen LogP) is 5.48. The molecule has 1 aromatic heterocycles. The van der Waals surface area contributed by atoms with Gasteiger partial charge in [-0.2, -0.15) is 9.78 Å². The first-order valence-corrected chi connectivity index (χ1v) is 13.8. The molecule has 2 fully saturated rings. The topological polar surface area (TPSA) is 50.6 Å². The van der Waals surface area contributed by atoms with Gasteiger partial charge in [0.05, 0.1) is 18.5 Å². The summed E-state index contributed by atoms with van der Waals surface area (Å²) >= 11 is 8.09. The van der Waals surface area contributed by atoms with Crippen LogP contribution in [0.3, 0.4) is 0 Å². The molecule has 2 aromatic carbocycles. The highest BCUT2D eigenvalue weighted by molar-refractivity contribution is 7.97. The van der Waals surface area contributed by atoms with Crippen molar-refractivity contribution in [2.45, 2.75) is 44.3 Å². The van der Waals surface area contributed by atoms with Crippen LogP contribution in [0.5, 0.6) is 5.75 Å². The normalized spacial score (nSPS) is 17.4. The Balaban J connectivity index is 1.45. The molecule has 6 nitrogen and oxygen atoms in total. The van der Waals surface area contributed by atoms with Crippen molar-refractivity contribution in [1.29, 1.82) is 0 Å². The zero-order chi connectivity index (χ0) is 25.3. The second-order valence-electron chi connectivity index (χ2n) is 10.1. The van der Waals surface area contributed by atoms with Crippen LogP contribution >= 0.6 is 23.5 Å². The van der Waals surface area contributed by atoms with Gasteiger partial charge >= 0.3 is 5.56 Å². The number of rotatable bonds is 8. The average molecular weight is 525 g/mol. The van der Waals surface area contributed by atoms with E-state index in [-0.39, 0.29) is 11.0 Å². The van der Waals surface area contributed by atoms with Crippen LogP contribution in [0.25, 0.3) is 5.69 Å². The third-order valence-corrected chi connectivity index (χ3v) is 8.24. The molecule has 0 unspecified atom stereocenters. The Labute approximate surface area is 222 Å². The highest BCUT2D eigenvalue weighted by atomic mass is 35.5. The molecule has 1 saturated heterocycles. The Kier molecular flexibility index (Phi) is 7.33. The quantitative estimate of drug-likeness (QED) is 0.363. The van der Waals surface area contributed by atoms with E-state index in [0.717, 1.165) is 44.7 Å². The molecule has 1 saturated carbocycles. The van der Waals surface area contributed by atoms with E-state index >= 15 is 0 Å². The molecule has 36 heavy (non-hydrogen) atoms. The molecule has 8 heteroatoms. The molecule has 0 radical (unpaired) electrons. The van der Waals surface area contributed by atoms with Gasteiger partial charge in [-0.1, -0.05) is 73.3 Å². The number of ether oxygens (including phenoxy) is 1. The Morgan fingerprint density at radius 3 is 2.44 bits per heavy atom. The largest absolute Gasteiger partial charge is 0.485 e. The first-order valence-electron chi connectivity index (χ1n) is 12.6. The van der Waals surface area contributed by atoms with Gasteiger partial charge in [-0.15, -0.1) is 0 Å². The molecule has 5 rings (SSSR count). The molecule has 1 aliphatic carbocycles. The molecular weight excluding hydrogens is 492 g/mol. The minimum atomic E-state index is -0.256. The minimum Gasteiger partial charge on any atom is -0.485 e. The number of piperazine rings is 1. The van der Waals surface area contributed by atoms with Crippen molar-refractivity contribution < 1.29 is 4.74 Å². The zero-order valence-corrected chi connectivity index (χ0v) is 22.7. The molecule has 2 aliphatic rings. The van der Waals surface area contributed by atoms with E-state index in [0.29, 0.717) is 28.3 Å².